The predicted octanol–water partition coefficient (Wildman–Crippen LogP) is 11.6. The highest BCUT2D eigenvalue weighted by molar-refractivity contribution is 5.91. The molecule has 0 aromatic heterocycles. The van der Waals surface area contributed by atoms with Crippen LogP contribution in [0.15, 0.2) is 24.3 Å². The molecule has 0 radical (unpaired) electrons. The van der Waals surface area contributed by atoms with E-state index in [-0.39, 0.29) is 5.41 Å². The second-order valence-electron chi connectivity index (χ2n) is 14.4. The van der Waals surface area contributed by atoms with Crippen LogP contribution < -0.4 is 0 Å². The molecule has 4 aliphatic carbocycles. The van der Waals surface area contributed by atoms with Crippen molar-refractivity contribution in [2.45, 2.75) is 152 Å². The summed E-state index contributed by atoms with van der Waals surface area (Å²) in [7, 11) is 0. The lowest BCUT2D eigenvalue weighted by Crippen LogP contribution is -2.54. The topological polar surface area (TPSA) is 17.1 Å². The zero-order valence-corrected chi connectivity index (χ0v) is 27.2. The zero-order valence-electron chi connectivity index (χ0n) is 27.2. The standard InChI is InChI=1S/C31H50O.2C3H8/c1-7-10-23-19-24-20-25(32)15-17-30(24,5)28-16-18-31(6)26(13-14-27(31)29(23)28)22(4)12-9-11-21(3)8-2;2*1-3-2/h7,20-23,26-29H,1,8-19H2,2-6H3;2*3H2,1-2H3/t21?,22?,23-,26?,27?,28?,29?,30-,31+;;/m0../s1. The normalized spacial score (nSPS) is 37.1. The van der Waals surface area contributed by atoms with Gasteiger partial charge in [-0.05, 0) is 103 Å². The minimum absolute atomic E-state index is 0.275. The quantitative estimate of drug-likeness (QED) is 0.287. The highest BCUT2D eigenvalue weighted by Crippen LogP contribution is 2.69. The highest BCUT2D eigenvalue weighted by Gasteiger charge is 2.61. The smallest absolute Gasteiger partial charge is 0.155 e. The number of rotatable bonds is 8. The lowest BCUT2D eigenvalue weighted by molar-refractivity contribution is -0.119. The number of hydrogen-bond donors (Lipinski definition) is 0. The van der Waals surface area contributed by atoms with Gasteiger partial charge < -0.3 is 0 Å². The first-order valence-corrected chi connectivity index (χ1v) is 16.9. The molecule has 0 bridgehead atoms. The van der Waals surface area contributed by atoms with Crippen LogP contribution in [0, 0.1) is 52.3 Å². The molecule has 1 heteroatoms. The molecule has 0 aromatic carbocycles. The molecule has 0 N–H and O–H groups in total. The molecule has 3 fully saturated rings. The van der Waals surface area contributed by atoms with E-state index in [2.05, 4.69) is 81.0 Å². The first kappa shape index (κ1) is 33.4. The van der Waals surface area contributed by atoms with Crippen molar-refractivity contribution >= 4 is 5.78 Å². The fourth-order valence-electron chi connectivity index (χ4n) is 9.33. The summed E-state index contributed by atoms with van der Waals surface area (Å²) in [5, 5.41) is 0. The molecular weight excluding hydrogens is 460 g/mol. The van der Waals surface area contributed by atoms with Crippen molar-refractivity contribution in [2.75, 3.05) is 0 Å². The Morgan fingerprint density at radius 2 is 1.63 bits per heavy atom. The Kier molecular flexibility index (Phi) is 13.4. The van der Waals surface area contributed by atoms with Crippen LogP contribution >= 0.6 is 0 Å². The second kappa shape index (κ2) is 15.2. The van der Waals surface area contributed by atoms with Gasteiger partial charge in [0.05, 0.1) is 0 Å². The molecule has 0 heterocycles. The summed E-state index contributed by atoms with van der Waals surface area (Å²) in [4.78, 5) is 12.3. The van der Waals surface area contributed by atoms with Crippen molar-refractivity contribution in [3.63, 3.8) is 0 Å². The molecule has 0 aliphatic heterocycles. The number of hydrogen-bond acceptors (Lipinski definition) is 1. The molecule has 0 amide bonds. The van der Waals surface area contributed by atoms with Crippen molar-refractivity contribution in [2.24, 2.45) is 52.3 Å². The molecule has 0 spiro atoms. The molecule has 1 nitrogen and oxygen atoms in total. The number of fused-ring (bicyclic) bond motifs is 5. The van der Waals surface area contributed by atoms with Crippen LogP contribution in [0.4, 0.5) is 0 Å². The predicted molar refractivity (Wildman–Crippen MR) is 168 cm³/mol. The largest absolute Gasteiger partial charge is 0.295 e. The fraction of sp³-hybridized carbons (Fsp3) is 0.865. The maximum Gasteiger partial charge on any atom is 0.155 e. The van der Waals surface area contributed by atoms with E-state index in [1.54, 1.807) is 0 Å². The third-order valence-electron chi connectivity index (χ3n) is 11.4. The Bertz CT molecular complexity index is 761. The Labute approximate surface area is 239 Å². The molecule has 0 aromatic rings. The van der Waals surface area contributed by atoms with E-state index in [1.807, 2.05) is 0 Å². The van der Waals surface area contributed by atoms with Crippen LogP contribution in [-0.4, -0.2) is 5.78 Å². The molecule has 38 heavy (non-hydrogen) atoms. The summed E-state index contributed by atoms with van der Waals surface area (Å²) in [6, 6.07) is 0. The third-order valence-corrected chi connectivity index (χ3v) is 11.4. The molecule has 6 unspecified atom stereocenters. The van der Waals surface area contributed by atoms with Gasteiger partial charge in [-0.2, -0.15) is 0 Å². The van der Waals surface area contributed by atoms with Gasteiger partial charge in [0.1, 0.15) is 0 Å². The zero-order chi connectivity index (χ0) is 28.5. The molecule has 3 saturated carbocycles. The van der Waals surface area contributed by atoms with Crippen LogP contribution in [-0.2, 0) is 4.79 Å². The van der Waals surface area contributed by atoms with E-state index in [1.165, 1.54) is 69.8 Å². The van der Waals surface area contributed by atoms with E-state index >= 15 is 0 Å². The Balaban J connectivity index is 0.000000773. The monoisotopic (exact) mass is 527 g/mol. The minimum Gasteiger partial charge on any atom is -0.295 e. The Morgan fingerprint density at radius 1 is 0.974 bits per heavy atom. The van der Waals surface area contributed by atoms with Gasteiger partial charge in [-0.25, -0.2) is 0 Å². The van der Waals surface area contributed by atoms with Crippen molar-refractivity contribution in [1.82, 2.24) is 0 Å². The van der Waals surface area contributed by atoms with Crippen molar-refractivity contribution in [1.29, 1.82) is 0 Å². The summed E-state index contributed by atoms with van der Waals surface area (Å²) in [5.41, 5.74) is 2.30. The van der Waals surface area contributed by atoms with Gasteiger partial charge in [0, 0.05) is 6.42 Å². The van der Waals surface area contributed by atoms with Gasteiger partial charge in [0.2, 0.25) is 0 Å². The first-order valence-electron chi connectivity index (χ1n) is 16.9. The maximum atomic E-state index is 12.3. The number of ketones is 1. The van der Waals surface area contributed by atoms with Crippen LogP contribution in [0.2, 0.25) is 0 Å². The number of carbonyl (C=O) groups excluding carboxylic acids is 1. The van der Waals surface area contributed by atoms with Crippen molar-refractivity contribution in [3.05, 3.63) is 24.3 Å². The minimum atomic E-state index is 0.275. The van der Waals surface area contributed by atoms with E-state index in [9.17, 15) is 4.79 Å². The molecule has 0 saturated heterocycles. The van der Waals surface area contributed by atoms with Gasteiger partial charge in [-0.1, -0.05) is 112 Å². The summed E-state index contributed by atoms with van der Waals surface area (Å²) < 4.78 is 0. The van der Waals surface area contributed by atoms with E-state index in [0.717, 1.165) is 61.2 Å². The molecule has 4 aliphatic rings. The van der Waals surface area contributed by atoms with Gasteiger partial charge in [-0.15, -0.1) is 6.58 Å². The lowest BCUT2D eigenvalue weighted by Gasteiger charge is -2.61. The lowest BCUT2D eigenvalue weighted by atomic mass is 9.44. The van der Waals surface area contributed by atoms with E-state index in [0.29, 0.717) is 17.1 Å². The number of carbonyl (C=O) groups is 1. The maximum absolute atomic E-state index is 12.3. The van der Waals surface area contributed by atoms with E-state index in [4.69, 9.17) is 0 Å². The Hall–Kier alpha value is -0.850. The molecule has 9 atom stereocenters. The first-order chi connectivity index (χ1) is 18.1. The summed E-state index contributed by atoms with van der Waals surface area (Å²) in [6.45, 7) is 25.2. The van der Waals surface area contributed by atoms with Crippen molar-refractivity contribution < 1.29 is 4.79 Å². The second-order valence-corrected chi connectivity index (χ2v) is 14.4. The van der Waals surface area contributed by atoms with E-state index < -0.39 is 0 Å². The van der Waals surface area contributed by atoms with Gasteiger partial charge in [0.25, 0.3) is 0 Å². The average Bonchev–Trinajstić information content (AvgIpc) is 3.23. The number of allylic oxidation sites excluding steroid dienone is 2. The van der Waals surface area contributed by atoms with Gasteiger partial charge in [0.15, 0.2) is 5.78 Å². The molecular formula is C37H66O. The fourth-order valence-corrected chi connectivity index (χ4v) is 9.33. The molecule has 220 valence electrons. The van der Waals surface area contributed by atoms with Gasteiger partial charge >= 0.3 is 0 Å². The van der Waals surface area contributed by atoms with Gasteiger partial charge in [-0.3, -0.25) is 4.79 Å². The van der Waals surface area contributed by atoms with Crippen LogP contribution in [0.25, 0.3) is 0 Å². The summed E-state index contributed by atoms with van der Waals surface area (Å²) >= 11 is 0. The van der Waals surface area contributed by atoms with Crippen LogP contribution in [0.3, 0.4) is 0 Å². The summed E-state index contributed by atoms with van der Waals surface area (Å²) in [6.07, 6.45) is 22.2. The average molecular weight is 527 g/mol. The van der Waals surface area contributed by atoms with Crippen LogP contribution in [0.1, 0.15) is 152 Å². The van der Waals surface area contributed by atoms with Crippen LogP contribution in [0.5, 0.6) is 0 Å². The summed E-state index contributed by atoms with van der Waals surface area (Å²) in [5.74, 6) is 6.23. The van der Waals surface area contributed by atoms with Crippen molar-refractivity contribution in [3.8, 4) is 0 Å². The highest BCUT2D eigenvalue weighted by atomic mass is 16.1. The SMILES string of the molecule is C=CC[C@H]1CC2=CC(=O)CC[C@]2(C)C2CC[C@]3(C)C(C(C)CCCC(C)CC)CCC3C21.CCC.CCC. The Morgan fingerprint density at radius 3 is 2.24 bits per heavy atom. The molecule has 4 rings (SSSR count). The third kappa shape index (κ3) is 7.26.